The van der Waals surface area contributed by atoms with Crippen LogP contribution in [0.4, 0.5) is 16.0 Å². The lowest BCUT2D eigenvalue weighted by Gasteiger charge is -2.19. The summed E-state index contributed by atoms with van der Waals surface area (Å²) in [7, 11) is 0. The summed E-state index contributed by atoms with van der Waals surface area (Å²) in [6, 6.07) is 13.9. The average Bonchev–Trinajstić information content (AvgIpc) is 3.61. The molecular formula is C29H26FN7O4. The number of nitrogens with zero attached hydrogens (tertiary/aromatic N) is 5. The van der Waals surface area contributed by atoms with Crippen molar-refractivity contribution in [2.75, 3.05) is 11.1 Å². The molecule has 5 aromatic rings. The first-order valence-corrected chi connectivity index (χ1v) is 12.9. The zero-order chi connectivity index (χ0) is 29.1. The number of anilines is 2. The van der Waals surface area contributed by atoms with Gasteiger partial charge in [0.15, 0.2) is 11.2 Å². The molecule has 11 nitrogen and oxygen atoms in total. The highest BCUT2D eigenvalue weighted by molar-refractivity contribution is 6.08. The van der Waals surface area contributed by atoms with Crippen LogP contribution in [0.2, 0.25) is 0 Å². The predicted octanol–water partition coefficient (Wildman–Crippen LogP) is 4.16. The predicted molar refractivity (Wildman–Crippen MR) is 147 cm³/mol. The zero-order valence-corrected chi connectivity index (χ0v) is 22.5. The van der Waals surface area contributed by atoms with Gasteiger partial charge in [0.05, 0.1) is 28.7 Å². The summed E-state index contributed by atoms with van der Waals surface area (Å²) in [6.45, 7) is 4.95. The second-order valence-corrected chi connectivity index (χ2v) is 10.9. The molecule has 0 fully saturated rings. The van der Waals surface area contributed by atoms with Crippen molar-refractivity contribution in [3.8, 4) is 11.5 Å². The van der Waals surface area contributed by atoms with Gasteiger partial charge in [0, 0.05) is 17.4 Å². The number of carboxylic acid groups (broad SMARTS) is 1. The van der Waals surface area contributed by atoms with Gasteiger partial charge in [0.2, 0.25) is 11.8 Å². The van der Waals surface area contributed by atoms with Crippen molar-refractivity contribution in [1.29, 1.82) is 0 Å². The molecule has 0 spiro atoms. The highest BCUT2D eigenvalue weighted by atomic mass is 19.1. The number of fused-ring (bicyclic) bond motifs is 2. The van der Waals surface area contributed by atoms with Crippen molar-refractivity contribution in [1.82, 2.24) is 24.7 Å². The molecule has 4 heterocycles. The van der Waals surface area contributed by atoms with Crippen molar-refractivity contribution in [3.05, 3.63) is 83.3 Å². The largest absolute Gasteiger partial charge is 0.481 e. The number of hydrogen-bond acceptors (Lipinski definition) is 8. The van der Waals surface area contributed by atoms with Gasteiger partial charge < -0.3 is 20.6 Å². The molecule has 2 aromatic carbocycles. The Hall–Kier alpha value is -5.13. The van der Waals surface area contributed by atoms with Crippen LogP contribution in [0.15, 0.2) is 59.2 Å². The number of aromatic nitrogens is 5. The first-order valence-electron chi connectivity index (χ1n) is 12.9. The number of carbonyl (C=O) groups excluding carboxylic acids is 1. The number of nitrogen functional groups attached to an aromatic ring is 1. The van der Waals surface area contributed by atoms with E-state index in [2.05, 4.69) is 20.3 Å². The van der Waals surface area contributed by atoms with Gasteiger partial charge >= 0.3 is 5.97 Å². The summed E-state index contributed by atoms with van der Waals surface area (Å²) < 4.78 is 21.8. The van der Waals surface area contributed by atoms with Gasteiger partial charge in [-0.15, -0.1) is 0 Å². The van der Waals surface area contributed by atoms with Gasteiger partial charge in [0.1, 0.15) is 29.4 Å². The lowest BCUT2D eigenvalue weighted by molar-refractivity contribution is -0.146. The van der Waals surface area contributed by atoms with E-state index < -0.39 is 22.7 Å². The van der Waals surface area contributed by atoms with E-state index in [0.717, 1.165) is 10.9 Å². The molecule has 1 aliphatic rings. The quantitative estimate of drug-likeness (QED) is 0.268. The number of amides is 1. The molecule has 6 rings (SSSR count). The molecule has 0 unspecified atom stereocenters. The lowest BCUT2D eigenvalue weighted by atomic mass is 9.84. The summed E-state index contributed by atoms with van der Waals surface area (Å²) in [5, 5.41) is 17.7. The maximum absolute atomic E-state index is 14.4. The SMILES string of the molecule is CC(C)(Cc1coc([C@@]2(C)C(=O)Nc3nc(-c4nn(Cc5ccccc5F)c5ccccc45)nc(N)c32)n1)C(=O)O. The third-order valence-electron chi connectivity index (χ3n) is 7.45. The number of hydrogen-bond donors (Lipinski definition) is 3. The molecule has 1 amide bonds. The fourth-order valence-corrected chi connectivity index (χ4v) is 5.06. The van der Waals surface area contributed by atoms with E-state index in [1.54, 1.807) is 43.7 Å². The molecule has 12 heteroatoms. The minimum absolute atomic E-state index is 0.0317. The number of carbonyl (C=O) groups is 2. The Kier molecular flexibility index (Phi) is 5.87. The van der Waals surface area contributed by atoms with E-state index in [1.807, 2.05) is 24.3 Å². The lowest BCUT2D eigenvalue weighted by Crippen LogP contribution is -2.33. The summed E-state index contributed by atoms with van der Waals surface area (Å²) in [6.07, 6.45) is 1.44. The van der Waals surface area contributed by atoms with E-state index in [4.69, 9.17) is 15.2 Å². The Bertz CT molecular complexity index is 1860. The van der Waals surface area contributed by atoms with Gasteiger partial charge in [-0.3, -0.25) is 14.3 Å². The van der Waals surface area contributed by atoms with Crippen LogP contribution in [0.5, 0.6) is 0 Å². The van der Waals surface area contributed by atoms with Crippen LogP contribution < -0.4 is 11.1 Å². The third-order valence-corrected chi connectivity index (χ3v) is 7.45. The Labute approximate surface area is 233 Å². The van der Waals surface area contributed by atoms with E-state index in [0.29, 0.717) is 22.5 Å². The summed E-state index contributed by atoms with van der Waals surface area (Å²) >= 11 is 0. The van der Waals surface area contributed by atoms with Crippen LogP contribution in [0.25, 0.3) is 22.4 Å². The molecule has 0 radical (unpaired) electrons. The highest BCUT2D eigenvalue weighted by Crippen LogP contribution is 2.45. The first-order chi connectivity index (χ1) is 19.5. The monoisotopic (exact) mass is 555 g/mol. The molecule has 3 aromatic heterocycles. The Balaban J connectivity index is 1.41. The molecular weight excluding hydrogens is 529 g/mol. The Morgan fingerprint density at radius 1 is 1.15 bits per heavy atom. The molecule has 0 saturated carbocycles. The van der Waals surface area contributed by atoms with Crippen LogP contribution in [-0.4, -0.2) is 41.7 Å². The van der Waals surface area contributed by atoms with E-state index in [-0.39, 0.29) is 42.1 Å². The number of oxazole rings is 1. The van der Waals surface area contributed by atoms with Crippen molar-refractivity contribution in [2.45, 2.75) is 39.2 Å². The fraction of sp³-hybridized carbons (Fsp3) is 0.241. The molecule has 41 heavy (non-hydrogen) atoms. The van der Waals surface area contributed by atoms with E-state index >= 15 is 0 Å². The minimum Gasteiger partial charge on any atom is -0.481 e. The van der Waals surface area contributed by atoms with Crippen LogP contribution >= 0.6 is 0 Å². The Morgan fingerprint density at radius 2 is 1.88 bits per heavy atom. The van der Waals surface area contributed by atoms with Gasteiger partial charge in [-0.2, -0.15) is 5.10 Å². The highest BCUT2D eigenvalue weighted by Gasteiger charge is 2.51. The number of para-hydroxylation sites is 1. The second kappa shape index (κ2) is 9.22. The van der Waals surface area contributed by atoms with Crippen molar-refractivity contribution >= 4 is 34.4 Å². The molecule has 0 aliphatic carbocycles. The van der Waals surface area contributed by atoms with Crippen molar-refractivity contribution < 1.29 is 23.5 Å². The average molecular weight is 556 g/mol. The number of aliphatic carboxylic acids is 1. The van der Waals surface area contributed by atoms with Gasteiger partial charge in [0.25, 0.3) is 0 Å². The van der Waals surface area contributed by atoms with Gasteiger partial charge in [-0.25, -0.2) is 19.3 Å². The maximum atomic E-state index is 14.4. The smallest absolute Gasteiger partial charge is 0.309 e. The summed E-state index contributed by atoms with van der Waals surface area (Å²) in [4.78, 5) is 38.5. The standard InChI is InChI=1S/C29H26FN7O4/c1-28(2,27(39)40)12-16-14-41-26(32-16)29(3)20-22(31)33-24(34-23(20)35-25(29)38)21-17-9-5-7-11-19(17)37(36-21)13-15-8-4-6-10-18(15)30/h4-11,14H,12-13H2,1-3H3,(H,39,40)(H3,31,33,34,35,38)/t29-/m1/s1. The summed E-state index contributed by atoms with van der Waals surface area (Å²) in [5.41, 5.74) is 6.25. The summed E-state index contributed by atoms with van der Waals surface area (Å²) in [5.74, 6) is -1.33. The number of carboxylic acids is 1. The van der Waals surface area contributed by atoms with Crippen LogP contribution in [-0.2, 0) is 28.0 Å². The second-order valence-electron chi connectivity index (χ2n) is 10.9. The number of nitrogens with two attached hydrogens (primary N) is 1. The zero-order valence-electron chi connectivity index (χ0n) is 22.5. The fourth-order valence-electron chi connectivity index (χ4n) is 5.06. The number of halogens is 1. The molecule has 0 saturated heterocycles. The van der Waals surface area contributed by atoms with E-state index in [1.165, 1.54) is 12.3 Å². The minimum atomic E-state index is -1.45. The Morgan fingerprint density at radius 3 is 2.63 bits per heavy atom. The molecule has 4 N–H and O–H groups in total. The maximum Gasteiger partial charge on any atom is 0.309 e. The number of nitrogens with one attached hydrogen (secondary N) is 1. The van der Waals surface area contributed by atoms with Crippen LogP contribution in [0.1, 0.15) is 43.5 Å². The van der Waals surface area contributed by atoms with Gasteiger partial charge in [-0.1, -0.05) is 36.4 Å². The number of benzene rings is 2. The third kappa shape index (κ3) is 4.19. The molecule has 1 atom stereocenters. The normalized spacial score (nSPS) is 16.6. The number of rotatable bonds is 7. The van der Waals surface area contributed by atoms with Crippen LogP contribution in [0, 0.1) is 11.2 Å². The topological polar surface area (TPSA) is 162 Å². The van der Waals surface area contributed by atoms with Crippen LogP contribution in [0.3, 0.4) is 0 Å². The molecule has 208 valence electrons. The van der Waals surface area contributed by atoms with E-state index in [9.17, 15) is 19.1 Å². The van der Waals surface area contributed by atoms with Gasteiger partial charge in [-0.05, 0) is 32.9 Å². The first kappa shape index (κ1) is 26.1. The molecule has 1 aliphatic heterocycles. The van der Waals surface area contributed by atoms with Crippen molar-refractivity contribution in [3.63, 3.8) is 0 Å². The van der Waals surface area contributed by atoms with Crippen molar-refractivity contribution in [2.24, 2.45) is 5.41 Å². The molecule has 0 bridgehead atoms.